The van der Waals surface area contributed by atoms with Gasteiger partial charge in [-0.1, -0.05) is 0 Å². The number of hydrogen-bond acceptors (Lipinski definition) is 5. The molecule has 2 rings (SSSR count). The van der Waals surface area contributed by atoms with Crippen LogP contribution >= 0.6 is 15.9 Å². The lowest BCUT2D eigenvalue weighted by Gasteiger charge is -1.97. The quantitative estimate of drug-likeness (QED) is 0.693. The van der Waals surface area contributed by atoms with Gasteiger partial charge >= 0.3 is 0 Å². The van der Waals surface area contributed by atoms with E-state index in [1.807, 2.05) is 0 Å². The number of aryl methyl sites for hydroxylation is 1. The average molecular weight is 243 g/mol. The van der Waals surface area contributed by atoms with Gasteiger partial charge in [0.25, 0.3) is 0 Å². The minimum Gasteiger partial charge on any atom is -0.383 e. The topological polar surface area (TPSA) is 95.6 Å². The third-order valence-corrected chi connectivity index (χ3v) is 2.24. The van der Waals surface area contributed by atoms with Gasteiger partial charge in [-0.15, -0.1) is 0 Å². The molecule has 0 aromatic carbocycles. The molecule has 0 spiro atoms. The predicted molar refractivity (Wildman–Crippen MR) is 52.8 cm³/mol. The third-order valence-electron chi connectivity index (χ3n) is 1.69. The number of nitrogens with two attached hydrogens (primary N) is 2. The van der Waals surface area contributed by atoms with Crippen molar-refractivity contribution in [2.75, 3.05) is 11.5 Å². The van der Waals surface area contributed by atoms with Crippen LogP contribution in [0.15, 0.2) is 4.60 Å². The third kappa shape index (κ3) is 1.12. The molecule has 0 aliphatic rings. The Kier molecular flexibility index (Phi) is 1.62. The van der Waals surface area contributed by atoms with E-state index < -0.39 is 0 Å². The Hall–Kier alpha value is -1.37. The lowest BCUT2D eigenvalue weighted by molar-refractivity contribution is 0.778. The second-order valence-electron chi connectivity index (χ2n) is 2.58. The molecular formula is C6H7BrN6. The zero-order chi connectivity index (χ0) is 9.59. The van der Waals surface area contributed by atoms with Crippen LogP contribution in [0.3, 0.4) is 0 Å². The number of fused-ring (bicyclic) bond motifs is 1. The van der Waals surface area contributed by atoms with E-state index in [0.29, 0.717) is 21.5 Å². The molecule has 6 nitrogen and oxygen atoms in total. The second-order valence-corrected chi connectivity index (χ2v) is 3.33. The molecule has 2 heterocycles. The highest BCUT2D eigenvalue weighted by molar-refractivity contribution is 9.10. The normalized spacial score (nSPS) is 10.9. The van der Waals surface area contributed by atoms with Gasteiger partial charge in [0, 0.05) is 7.05 Å². The maximum atomic E-state index is 5.66. The van der Waals surface area contributed by atoms with Gasteiger partial charge in [-0.3, -0.25) is 0 Å². The van der Waals surface area contributed by atoms with Gasteiger partial charge < -0.3 is 11.5 Å². The first-order valence-electron chi connectivity index (χ1n) is 3.51. The number of hydrogen-bond donors (Lipinski definition) is 2. The summed E-state index contributed by atoms with van der Waals surface area (Å²) in [6.07, 6.45) is 0. The zero-order valence-corrected chi connectivity index (χ0v) is 8.41. The van der Waals surface area contributed by atoms with E-state index in [1.165, 1.54) is 0 Å². The van der Waals surface area contributed by atoms with E-state index in [-0.39, 0.29) is 5.95 Å². The van der Waals surface area contributed by atoms with E-state index >= 15 is 0 Å². The Morgan fingerprint density at radius 2 is 2.00 bits per heavy atom. The largest absolute Gasteiger partial charge is 0.383 e. The molecule has 0 saturated heterocycles. The molecule has 0 bridgehead atoms. The van der Waals surface area contributed by atoms with Crippen LogP contribution in [0.4, 0.5) is 11.8 Å². The van der Waals surface area contributed by atoms with Gasteiger partial charge in [-0.05, 0) is 15.9 Å². The molecule has 13 heavy (non-hydrogen) atoms. The fraction of sp³-hybridized carbons (Fsp3) is 0.167. The molecule has 0 aliphatic carbocycles. The highest BCUT2D eigenvalue weighted by Gasteiger charge is 2.12. The van der Waals surface area contributed by atoms with Crippen LogP contribution in [0.25, 0.3) is 11.0 Å². The van der Waals surface area contributed by atoms with Crippen molar-refractivity contribution in [2.24, 2.45) is 7.05 Å². The fourth-order valence-electron chi connectivity index (χ4n) is 1.14. The molecule has 4 N–H and O–H groups in total. The van der Waals surface area contributed by atoms with E-state index in [0.717, 1.165) is 0 Å². The summed E-state index contributed by atoms with van der Waals surface area (Å²) >= 11 is 3.26. The standard InChI is InChI=1S/C6H7BrN6/c1-13-5-2(3(7)12-13)4(8)10-6(9)11-5/h1H3,(H4,8,9,10,11). The molecule has 0 atom stereocenters. The number of halogens is 1. The second kappa shape index (κ2) is 2.56. The summed E-state index contributed by atoms with van der Waals surface area (Å²) in [6, 6.07) is 0. The summed E-state index contributed by atoms with van der Waals surface area (Å²) in [5, 5.41) is 4.78. The van der Waals surface area contributed by atoms with Gasteiger partial charge in [0.1, 0.15) is 10.4 Å². The molecule has 0 unspecified atom stereocenters. The van der Waals surface area contributed by atoms with Gasteiger partial charge in [0.2, 0.25) is 5.95 Å². The van der Waals surface area contributed by atoms with E-state index in [4.69, 9.17) is 11.5 Å². The molecule has 7 heteroatoms. The molecule has 2 aromatic rings. The van der Waals surface area contributed by atoms with E-state index in [2.05, 4.69) is 31.0 Å². The number of rotatable bonds is 0. The van der Waals surface area contributed by atoms with E-state index in [1.54, 1.807) is 11.7 Å². The first kappa shape index (κ1) is 8.24. The smallest absolute Gasteiger partial charge is 0.224 e. The Morgan fingerprint density at radius 1 is 1.31 bits per heavy atom. The van der Waals surface area contributed by atoms with Crippen LogP contribution in [0.5, 0.6) is 0 Å². The lowest BCUT2D eigenvalue weighted by atomic mass is 10.4. The molecule has 2 aromatic heterocycles. The summed E-state index contributed by atoms with van der Waals surface area (Å²) in [4.78, 5) is 7.85. The van der Waals surface area contributed by atoms with Gasteiger partial charge in [0.05, 0.1) is 5.39 Å². The first-order valence-corrected chi connectivity index (χ1v) is 4.30. The van der Waals surface area contributed by atoms with Crippen molar-refractivity contribution < 1.29 is 0 Å². The summed E-state index contributed by atoms with van der Waals surface area (Å²) < 4.78 is 2.22. The van der Waals surface area contributed by atoms with Gasteiger partial charge in [-0.25, -0.2) is 4.68 Å². The summed E-state index contributed by atoms with van der Waals surface area (Å²) in [7, 11) is 1.76. The Labute approximate surface area is 82.1 Å². The van der Waals surface area contributed by atoms with Gasteiger partial charge in [0.15, 0.2) is 5.65 Å². The molecule has 68 valence electrons. The summed E-state index contributed by atoms with van der Waals surface area (Å²) in [5.74, 6) is 0.489. The Bertz CT molecular complexity index is 475. The molecule has 0 fully saturated rings. The maximum Gasteiger partial charge on any atom is 0.224 e. The van der Waals surface area contributed by atoms with Crippen molar-refractivity contribution >= 4 is 38.7 Å². The highest BCUT2D eigenvalue weighted by Crippen LogP contribution is 2.25. The highest BCUT2D eigenvalue weighted by atomic mass is 79.9. The van der Waals surface area contributed by atoms with Crippen LogP contribution in [0, 0.1) is 0 Å². The van der Waals surface area contributed by atoms with Crippen LogP contribution in [0.1, 0.15) is 0 Å². The minimum absolute atomic E-state index is 0.153. The predicted octanol–water partition coefficient (Wildman–Crippen LogP) is 0.290. The Balaban J connectivity index is 2.97. The molecular weight excluding hydrogens is 236 g/mol. The molecule has 0 saturated carbocycles. The molecule has 0 radical (unpaired) electrons. The Morgan fingerprint density at radius 3 is 2.69 bits per heavy atom. The van der Waals surface area contributed by atoms with Crippen LogP contribution in [-0.4, -0.2) is 19.7 Å². The monoisotopic (exact) mass is 242 g/mol. The molecule has 0 aliphatic heterocycles. The fourth-order valence-corrected chi connectivity index (χ4v) is 1.76. The SMILES string of the molecule is Cn1nc(Br)c2c(N)nc(N)nc21. The van der Waals surface area contributed by atoms with Crippen molar-refractivity contribution in [3.05, 3.63) is 4.60 Å². The average Bonchev–Trinajstić information content (AvgIpc) is 2.27. The van der Waals surface area contributed by atoms with Crippen molar-refractivity contribution in [1.82, 2.24) is 19.7 Å². The zero-order valence-electron chi connectivity index (χ0n) is 6.82. The number of nitrogen functional groups attached to an aromatic ring is 2. The van der Waals surface area contributed by atoms with Crippen molar-refractivity contribution in [1.29, 1.82) is 0 Å². The van der Waals surface area contributed by atoms with Crippen molar-refractivity contribution in [3.63, 3.8) is 0 Å². The van der Waals surface area contributed by atoms with Crippen LogP contribution in [-0.2, 0) is 7.05 Å². The van der Waals surface area contributed by atoms with Crippen molar-refractivity contribution in [3.8, 4) is 0 Å². The molecule has 0 amide bonds. The maximum absolute atomic E-state index is 5.66. The van der Waals surface area contributed by atoms with Gasteiger partial charge in [-0.2, -0.15) is 15.1 Å². The number of aromatic nitrogens is 4. The number of nitrogens with zero attached hydrogens (tertiary/aromatic N) is 4. The number of anilines is 2. The van der Waals surface area contributed by atoms with Crippen LogP contribution in [0.2, 0.25) is 0 Å². The first-order chi connectivity index (χ1) is 6.09. The van der Waals surface area contributed by atoms with E-state index in [9.17, 15) is 0 Å². The lowest BCUT2D eigenvalue weighted by Crippen LogP contribution is -2.01. The summed E-state index contributed by atoms with van der Waals surface area (Å²) in [6.45, 7) is 0. The summed E-state index contributed by atoms with van der Waals surface area (Å²) in [5.41, 5.74) is 11.7. The van der Waals surface area contributed by atoms with Crippen molar-refractivity contribution in [2.45, 2.75) is 0 Å². The minimum atomic E-state index is 0.153. The van der Waals surface area contributed by atoms with Crippen LogP contribution < -0.4 is 11.5 Å².